The van der Waals surface area contributed by atoms with E-state index in [9.17, 15) is 27.9 Å². The Kier molecular flexibility index (Phi) is 6.63. The highest BCUT2D eigenvalue weighted by Gasteiger charge is 2.47. The molecule has 1 amide bonds. The van der Waals surface area contributed by atoms with Gasteiger partial charge in [0.15, 0.2) is 0 Å². The molecule has 0 radical (unpaired) electrons. The Hall–Kier alpha value is -4.07. The molecule has 1 fully saturated rings. The van der Waals surface area contributed by atoms with E-state index in [2.05, 4.69) is 0 Å². The molecule has 186 valence electrons. The fraction of sp³-hybridized carbons (Fsp3) is 0.214. The molecule has 0 aromatic heterocycles. The molecule has 36 heavy (non-hydrogen) atoms. The minimum atomic E-state index is -4.63. The third-order valence-corrected chi connectivity index (χ3v) is 6.26. The van der Waals surface area contributed by atoms with Gasteiger partial charge in [-0.25, -0.2) is 0 Å². The number of Topliss-reactive ketones (excluding diaryl/α,β-unsaturated/α-hetero) is 1. The lowest BCUT2D eigenvalue weighted by atomic mass is 9.94. The van der Waals surface area contributed by atoms with Gasteiger partial charge in [-0.3, -0.25) is 14.5 Å². The number of amides is 1. The second-order valence-corrected chi connectivity index (χ2v) is 8.75. The Morgan fingerprint density at radius 1 is 0.972 bits per heavy atom. The summed E-state index contributed by atoms with van der Waals surface area (Å²) in [6.45, 7) is 1.98. The van der Waals surface area contributed by atoms with E-state index in [1.807, 2.05) is 25.9 Å². The first-order valence-electron chi connectivity index (χ1n) is 11.4. The van der Waals surface area contributed by atoms with E-state index in [-0.39, 0.29) is 17.0 Å². The van der Waals surface area contributed by atoms with Crippen molar-refractivity contribution in [2.45, 2.75) is 25.6 Å². The van der Waals surface area contributed by atoms with Gasteiger partial charge in [-0.15, -0.1) is 0 Å². The maximum atomic E-state index is 13.4. The molecule has 3 aromatic carbocycles. The third kappa shape index (κ3) is 4.58. The Balaban J connectivity index is 1.92. The van der Waals surface area contributed by atoms with E-state index in [0.717, 1.165) is 34.7 Å². The molecule has 0 aliphatic carbocycles. The number of aliphatic hydroxyl groups is 1. The number of nitrogens with zero attached hydrogens (tertiary/aromatic N) is 2. The maximum Gasteiger partial charge on any atom is 0.416 e. The van der Waals surface area contributed by atoms with Gasteiger partial charge >= 0.3 is 6.18 Å². The van der Waals surface area contributed by atoms with Crippen LogP contribution < -0.4 is 9.80 Å². The lowest BCUT2D eigenvalue weighted by molar-refractivity contribution is -0.137. The topological polar surface area (TPSA) is 60.9 Å². The van der Waals surface area contributed by atoms with Crippen LogP contribution in [0.3, 0.4) is 0 Å². The van der Waals surface area contributed by atoms with Gasteiger partial charge in [0, 0.05) is 31.0 Å². The van der Waals surface area contributed by atoms with Crippen LogP contribution in [-0.4, -0.2) is 30.9 Å². The summed E-state index contributed by atoms with van der Waals surface area (Å²) in [7, 11) is 3.70. The predicted octanol–water partition coefficient (Wildman–Crippen LogP) is 5.96. The Bertz CT molecular complexity index is 1330. The lowest BCUT2D eigenvalue weighted by Crippen LogP contribution is -2.29. The van der Waals surface area contributed by atoms with E-state index in [4.69, 9.17) is 0 Å². The summed E-state index contributed by atoms with van der Waals surface area (Å²) in [5.41, 5.74) is 1.47. The largest absolute Gasteiger partial charge is 0.507 e. The molecule has 0 bridgehead atoms. The van der Waals surface area contributed by atoms with E-state index >= 15 is 0 Å². The van der Waals surface area contributed by atoms with Crippen LogP contribution in [0, 0.1) is 0 Å². The molecule has 8 heteroatoms. The highest BCUT2D eigenvalue weighted by molar-refractivity contribution is 6.51. The first kappa shape index (κ1) is 25.0. The summed E-state index contributed by atoms with van der Waals surface area (Å²) in [6, 6.07) is 17.0. The first-order chi connectivity index (χ1) is 17.0. The molecule has 5 nitrogen and oxygen atoms in total. The van der Waals surface area contributed by atoms with Crippen molar-refractivity contribution in [2.75, 3.05) is 23.9 Å². The number of rotatable bonds is 5. The number of hydrogen-bond donors (Lipinski definition) is 1. The summed E-state index contributed by atoms with van der Waals surface area (Å²) in [4.78, 5) is 29.3. The third-order valence-electron chi connectivity index (χ3n) is 6.26. The molecule has 1 unspecified atom stereocenters. The van der Waals surface area contributed by atoms with Crippen molar-refractivity contribution in [3.63, 3.8) is 0 Å². The number of aryl methyl sites for hydroxylation is 1. The van der Waals surface area contributed by atoms with Crippen LogP contribution in [0.1, 0.15) is 35.2 Å². The van der Waals surface area contributed by atoms with Crippen LogP contribution in [0.15, 0.2) is 78.4 Å². The molecule has 0 saturated carbocycles. The van der Waals surface area contributed by atoms with Crippen molar-refractivity contribution in [1.29, 1.82) is 0 Å². The molecular formula is C28H25F3N2O3. The monoisotopic (exact) mass is 494 g/mol. The zero-order chi connectivity index (χ0) is 26.2. The summed E-state index contributed by atoms with van der Waals surface area (Å²) in [5, 5.41) is 11.2. The SMILES string of the molecule is CCc1ccc(/C(O)=C2\C(=O)C(=O)N(c3cccc(C(F)(F)F)c3)C2c2ccc(N(C)C)cc2)cc1. The van der Waals surface area contributed by atoms with E-state index in [1.165, 1.54) is 12.1 Å². The van der Waals surface area contributed by atoms with E-state index in [1.54, 1.807) is 48.5 Å². The molecule has 1 atom stereocenters. The van der Waals surface area contributed by atoms with Crippen molar-refractivity contribution in [3.8, 4) is 0 Å². The summed E-state index contributed by atoms with van der Waals surface area (Å²) >= 11 is 0. The van der Waals surface area contributed by atoms with Crippen LogP contribution in [0.4, 0.5) is 24.5 Å². The average molecular weight is 495 g/mol. The van der Waals surface area contributed by atoms with Gasteiger partial charge in [-0.05, 0) is 47.9 Å². The summed E-state index contributed by atoms with van der Waals surface area (Å²) < 4.78 is 40.3. The van der Waals surface area contributed by atoms with Crippen molar-refractivity contribution in [2.24, 2.45) is 0 Å². The van der Waals surface area contributed by atoms with Crippen LogP contribution in [0.25, 0.3) is 5.76 Å². The van der Waals surface area contributed by atoms with Crippen LogP contribution in [0.5, 0.6) is 0 Å². The molecule has 0 spiro atoms. The van der Waals surface area contributed by atoms with Crippen LogP contribution in [-0.2, 0) is 22.2 Å². The maximum absolute atomic E-state index is 13.4. The average Bonchev–Trinajstić information content (AvgIpc) is 3.13. The van der Waals surface area contributed by atoms with Crippen molar-refractivity contribution in [1.82, 2.24) is 0 Å². The molecule has 1 N–H and O–H groups in total. The molecule has 3 aromatic rings. The minimum Gasteiger partial charge on any atom is -0.507 e. The number of aliphatic hydroxyl groups excluding tert-OH is 1. The highest BCUT2D eigenvalue weighted by atomic mass is 19.4. The van der Waals surface area contributed by atoms with Gasteiger partial charge in [0.05, 0.1) is 17.2 Å². The van der Waals surface area contributed by atoms with Gasteiger partial charge in [0.2, 0.25) is 0 Å². The minimum absolute atomic E-state index is 0.0889. The number of halogens is 3. The van der Waals surface area contributed by atoms with Crippen molar-refractivity contribution >= 4 is 28.8 Å². The van der Waals surface area contributed by atoms with Crippen molar-refractivity contribution < 1.29 is 27.9 Å². The predicted molar refractivity (Wildman–Crippen MR) is 133 cm³/mol. The fourth-order valence-corrected chi connectivity index (χ4v) is 4.25. The van der Waals surface area contributed by atoms with Gasteiger partial charge < -0.3 is 10.0 Å². The number of hydrogen-bond acceptors (Lipinski definition) is 4. The smallest absolute Gasteiger partial charge is 0.416 e. The number of benzene rings is 3. The second-order valence-electron chi connectivity index (χ2n) is 8.75. The van der Waals surface area contributed by atoms with Crippen LogP contribution in [0.2, 0.25) is 0 Å². The zero-order valence-electron chi connectivity index (χ0n) is 20.0. The van der Waals surface area contributed by atoms with Gasteiger partial charge in [0.1, 0.15) is 5.76 Å². The zero-order valence-corrected chi connectivity index (χ0v) is 20.0. The van der Waals surface area contributed by atoms with Crippen LogP contribution >= 0.6 is 0 Å². The summed E-state index contributed by atoms with van der Waals surface area (Å²) in [5.74, 6) is -2.36. The number of anilines is 2. The number of carbonyl (C=O) groups is 2. The van der Waals surface area contributed by atoms with E-state index < -0.39 is 29.5 Å². The lowest BCUT2D eigenvalue weighted by Gasteiger charge is -2.26. The normalized spacial score (nSPS) is 17.5. The second kappa shape index (κ2) is 9.53. The molecule has 4 rings (SSSR count). The molecule has 1 aliphatic heterocycles. The first-order valence-corrected chi connectivity index (χ1v) is 11.4. The Labute approximate surface area is 207 Å². The standard InChI is InChI=1S/C28H25F3N2O3/c1-4-17-8-10-19(11-9-17)25(34)23-24(18-12-14-21(15-13-18)32(2)3)33(27(36)26(23)35)22-7-5-6-20(16-22)28(29,30)31/h5-16,24,34H,4H2,1-3H3/b25-23+. The van der Waals surface area contributed by atoms with Gasteiger partial charge in [0.25, 0.3) is 11.7 Å². The molecular weight excluding hydrogens is 469 g/mol. The fourth-order valence-electron chi connectivity index (χ4n) is 4.25. The highest BCUT2D eigenvalue weighted by Crippen LogP contribution is 2.43. The Morgan fingerprint density at radius 3 is 2.17 bits per heavy atom. The molecule has 1 saturated heterocycles. The molecule has 1 heterocycles. The number of alkyl halides is 3. The van der Waals surface area contributed by atoms with Gasteiger partial charge in [-0.1, -0.05) is 49.4 Å². The van der Waals surface area contributed by atoms with E-state index in [0.29, 0.717) is 11.1 Å². The Morgan fingerprint density at radius 2 is 1.61 bits per heavy atom. The van der Waals surface area contributed by atoms with Crippen molar-refractivity contribution in [3.05, 3.63) is 101 Å². The number of carbonyl (C=O) groups excluding carboxylic acids is 2. The summed E-state index contributed by atoms with van der Waals surface area (Å²) in [6.07, 6.45) is -3.85. The number of ketones is 1. The molecule has 1 aliphatic rings. The quantitative estimate of drug-likeness (QED) is 0.270. The van der Waals surface area contributed by atoms with Gasteiger partial charge in [-0.2, -0.15) is 13.2 Å².